The molecular weight excluding hydrogens is 421 g/mol. The molecule has 0 spiro atoms. The molecule has 12 heteroatoms. The third-order valence-electron chi connectivity index (χ3n) is 5.21. The molecule has 0 bridgehead atoms. The van der Waals surface area contributed by atoms with Crippen LogP contribution in [0.4, 0.5) is 19.0 Å². The van der Waals surface area contributed by atoms with E-state index in [1.54, 1.807) is 4.57 Å². The van der Waals surface area contributed by atoms with E-state index in [9.17, 15) is 23.3 Å². The molecule has 9 nitrogen and oxygen atoms in total. The Morgan fingerprint density at radius 2 is 1.90 bits per heavy atom. The Morgan fingerprint density at radius 3 is 2.48 bits per heavy atom. The second kappa shape index (κ2) is 7.91. The first-order valence-corrected chi connectivity index (χ1v) is 9.74. The Kier molecular flexibility index (Phi) is 5.42. The number of ether oxygens (including phenoxy) is 3. The first kappa shape index (κ1) is 21.2. The fourth-order valence-electron chi connectivity index (χ4n) is 3.93. The van der Waals surface area contributed by atoms with Gasteiger partial charge in [0.1, 0.15) is 29.4 Å². The minimum Gasteiger partial charge on any atom is -0.490 e. The van der Waals surface area contributed by atoms with E-state index in [-0.39, 0.29) is 23.7 Å². The summed E-state index contributed by atoms with van der Waals surface area (Å²) < 4.78 is 54.0. The molecule has 2 aromatic rings. The van der Waals surface area contributed by atoms with Crippen molar-refractivity contribution in [3.8, 4) is 17.5 Å². The number of rotatable bonds is 6. The van der Waals surface area contributed by atoms with Crippen molar-refractivity contribution < 1.29 is 32.3 Å². The summed E-state index contributed by atoms with van der Waals surface area (Å²) in [5.74, 6) is -0.0242. The van der Waals surface area contributed by atoms with Crippen molar-refractivity contribution in [3.63, 3.8) is 0 Å². The maximum atomic E-state index is 12.2. The summed E-state index contributed by atoms with van der Waals surface area (Å²) in [5, 5.41) is 10.8. The molecule has 1 unspecified atom stereocenters. The van der Waals surface area contributed by atoms with Crippen molar-refractivity contribution >= 4 is 5.82 Å². The molecule has 4 rings (SSSR count). The average Bonchev–Trinajstić information content (AvgIpc) is 3.19. The van der Waals surface area contributed by atoms with E-state index in [4.69, 9.17) is 9.47 Å². The van der Waals surface area contributed by atoms with Crippen LogP contribution >= 0.6 is 0 Å². The second-order valence-electron chi connectivity index (χ2n) is 7.93. The van der Waals surface area contributed by atoms with Crippen LogP contribution in [-0.2, 0) is 6.54 Å². The normalized spacial score (nSPS) is 22.1. The van der Waals surface area contributed by atoms with Gasteiger partial charge in [-0.25, -0.2) is 0 Å². The Morgan fingerprint density at radius 1 is 1.26 bits per heavy atom. The van der Waals surface area contributed by atoms with Crippen LogP contribution in [0, 0.1) is 10.1 Å². The van der Waals surface area contributed by atoms with E-state index in [1.165, 1.54) is 30.5 Å². The summed E-state index contributed by atoms with van der Waals surface area (Å²) in [6, 6.07) is 5.63. The van der Waals surface area contributed by atoms with Gasteiger partial charge in [0, 0.05) is 24.6 Å². The molecule has 31 heavy (non-hydrogen) atoms. The van der Waals surface area contributed by atoms with Crippen LogP contribution in [0.1, 0.15) is 19.8 Å². The lowest BCUT2D eigenvalue weighted by Gasteiger charge is -2.36. The number of alkyl halides is 3. The first-order chi connectivity index (χ1) is 14.6. The van der Waals surface area contributed by atoms with Gasteiger partial charge in [0.25, 0.3) is 0 Å². The number of hydrogen-bond donors (Lipinski definition) is 0. The van der Waals surface area contributed by atoms with Crippen LogP contribution in [0.3, 0.4) is 0 Å². The lowest BCUT2D eigenvalue weighted by Crippen LogP contribution is -2.48. The summed E-state index contributed by atoms with van der Waals surface area (Å²) >= 11 is 0. The number of aromatic nitrogens is 2. The van der Waals surface area contributed by atoms with E-state index in [1.807, 2.05) is 6.92 Å². The molecule has 168 valence electrons. The van der Waals surface area contributed by atoms with E-state index in [0.29, 0.717) is 18.8 Å². The fourth-order valence-corrected chi connectivity index (χ4v) is 3.93. The number of imidazole rings is 1. The Hall–Kier alpha value is -3.02. The lowest BCUT2D eigenvalue weighted by atomic mass is 10.0. The van der Waals surface area contributed by atoms with E-state index >= 15 is 0 Å². The summed E-state index contributed by atoms with van der Waals surface area (Å²) in [6.45, 7) is 4.59. The number of fused-ring (bicyclic) bond motifs is 1. The highest BCUT2D eigenvalue weighted by atomic mass is 19.4. The summed E-state index contributed by atoms with van der Waals surface area (Å²) in [5.41, 5.74) is -0.528. The summed E-state index contributed by atoms with van der Waals surface area (Å²) in [4.78, 5) is 16.4. The Balaban J connectivity index is 1.24. The molecule has 0 amide bonds. The highest BCUT2D eigenvalue weighted by Gasteiger charge is 2.42. The van der Waals surface area contributed by atoms with E-state index in [2.05, 4.69) is 14.6 Å². The molecule has 1 fully saturated rings. The number of hydrogen-bond acceptors (Lipinski definition) is 7. The maximum Gasteiger partial charge on any atom is 0.573 e. The molecule has 1 aromatic heterocycles. The molecule has 0 N–H and O–H groups in total. The lowest BCUT2D eigenvalue weighted by molar-refractivity contribution is -0.389. The molecule has 1 aromatic carbocycles. The number of likely N-dealkylation sites (tertiary alicyclic amines) is 1. The van der Waals surface area contributed by atoms with Crippen LogP contribution in [0.25, 0.3) is 0 Å². The number of nitro groups is 1. The Bertz CT molecular complexity index is 916. The zero-order valence-corrected chi connectivity index (χ0v) is 16.7. The maximum absolute atomic E-state index is 12.2. The fraction of sp³-hybridized carbons (Fsp3) is 0.526. The van der Waals surface area contributed by atoms with Gasteiger partial charge < -0.3 is 24.3 Å². The van der Waals surface area contributed by atoms with Crippen molar-refractivity contribution in [2.75, 3.05) is 19.6 Å². The van der Waals surface area contributed by atoms with Gasteiger partial charge in [-0.2, -0.15) is 0 Å². The molecule has 1 saturated heterocycles. The van der Waals surface area contributed by atoms with E-state index in [0.717, 1.165) is 25.9 Å². The number of benzene rings is 1. The highest BCUT2D eigenvalue weighted by Crippen LogP contribution is 2.32. The monoisotopic (exact) mass is 442 g/mol. The zero-order chi connectivity index (χ0) is 22.2. The molecule has 1 atom stereocenters. The van der Waals surface area contributed by atoms with Gasteiger partial charge in [0.2, 0.25) is 0 Å². The molecule has 3 heterocycles. The quantitative estimate of drug-likeness (QED) is 0.500. The third kappa shape index (κ3) is 5.19. The van der Waals surface area contributed by atoms with Gasteiger partial charge >= 0.3 is 18.2 Å². The average molecular weight is 442 g/mol. The Labute approximate surface area is 175 Å². The van der Waals surface area contributed by atoms with Crippen LogP contribution in [0.15, 0.2) is 30.5 Å². The van der Waals surface area contributed by atoms with E-state index < -0.39 is 16.9 Å². The molecule has 2 aliphatic rings. The topological polar surface area (TPSA) is 91.9 Å². The second-order valence-corrected chi connectivity index (χ2v) is 7.93. The minimum atomic E-state index is -4.72. The van der Waals surface area contributed by atoms with Gasteiger partial charge in [-0.05, 0) is 49.0 Å². The first-order valence-electron chi connectivity index (χ1n) is 9.74. The van der Waals surface area contributed by atoms with Crippen LogP contribution in [-0.4, -0.2) is 57.1 Å². The SMILES string of the molecule is CC1(CN2CCC(Oc3ccc(OC(F)(F)F)cc3)CC2)Cn2cc([N+](=O)[O-])nc2O1. The third-order valence-corrected chi connectivity index (χ3v) is 5.21. The molecule has 2 aliphatic heterocycles. The smallest absolute Gasteiger partial charge is 0.490 e. The molecular formula is C19H21F3N4O5. The van der Waals surface area contributed by atoms with Gasteiger partial charge in [-0.1, -0.05) is 0 Å². The van der Waals surface area contributed by atoms with Gasteiger partial charge in [0.05, 0.1) is 6.54 Å². The van der Waals surface area contributed by atoms with Crippen molar-refractivity contribution in [1.82, 2.24) is 14.5 Å². The van der Waals surface area contributed by atoms with Crippen LogP contribution in [0.5, 0.6) is 17.5 Å². The van der Waals surface area contributed by atoms with Crippen molar-refractivity contribution in [2.24, 2.45) is 0 Å². The predicted octanol–water partition coefficient (Wildman–Crippen LogP) is 3.38. The van der Waals surface area contributed by atoms with Crippen molar-refractivity contribution in [1.29, 1.82) is 0 Å². The number of piperidine rings is 1. The molecule has 0 saturated carbocycles. The highest BCUT2D eigenvalue weighted by molar-refractivity contribution is 5.31. The van der Waals surface area contributed by atoms with Crippen LogP contribution in [0.2, 0.25) is 0 Å². The summed E-state index contributed by atoms with van der Waals surface area (Å²) in [7, 11) is 0. The van der Waals surface area contributed by atoms with Crippen LogP contribution < -0.4 is 14.2 Å². The van der Waals surface area contributed by atoms with Gasteiger partial charge in [-0.15, -0.1) is 13.2 Å². The van der Waals surface area contributed by atoms with Crippen molar-refractivity contribution in [2.45, 2.75) is 44.4 Å². The largest absolute Gasteiger partial charge is 0.573 e. The zero-order valence-electron chi connectivity index (χ0n) is 16.7. The predicted molar refractivity (Wildman–Crippen MR) is 101 cm³/mol. The van der Waals surface area contributed by atoms with Crippen molar-refractivity contribution in [3.05, 3.63) is 40.6 Å². The minimum absolute atomic E-state index is 0.0407. The number of nitrogens with zero attached hydrogens (tertiary/aromatic N) is 4. The van der Waals surface area contributed by atoms with Gasteiger partial charge in [0.15, 0.2) is 0 Å². The molecule has 0 aliphatic carbocycles. The van der Waals surface area contributed by atoms with Gasteiger partial charge in [-0.3, -0.25) is 9.47 Å². The number of halogens is 3. The summed E-state index contributed by atoms with van der Waals surface area (Å²) in [6.07, 6.45) is -1.87. The molecule has 0 radical (unpaired) electrons. The standard InChI is InChI=1S/C19H21F3N4O5/c1-18(12-25-10-16(26(27)28)23-17(25)31-18)11-24-8-6-14(7-9-24)29-13-2-4-15(5-3-13)30-19(20,21)22/h2-5,10,14H,6-9,11-12H2,1H3.